The van der Waals surface area contributed by atoms with E-state index in [0.29, 0.717) is 6.42 Å². The van der Waals surface area contributed by atoms with Crippen LogP contribution in [-0.2, 0) is 9.53 Å². The van der Waals surface area contributed by atoms with E-state index in [-0.39, 0.29) is 11.7 Å². The number of aldehydes is 1. The van der Waals surface area contributed by atoms with Crippen LogP contribution in [0.1, 0.15) is 34.1 Å². The summed E-state index contributed by atoms with van der Waals surface area (Å²) >= 11 is 0. The van der Waals surface area contributed by atoms with Gasteiger partial charge in [0.25, 0.3) is 0 Å². The summed E-state index contributed by atoms with van der Waals surface area (Å²) in [4.78, 5) is 19.7. The number of hydrogen-bond donors (Lipinski definition) is 1. The van der Waals surface area contributed by atoms with Crippen LogP contribution in [0.5, 0.6) is 0 Å². The minimum atomic E-state index is -0.389. The molecule has 0 unspecified atom stereocenters. The fourth-order valence-corrected chi connectivity index (χ4v) is 0.329. The highest BCUT2D eigenvalue weighted by molar-refractivity contribution is 5.67. The largest absolute Gasteiger partial charge is 0.444 e. The number of carbonyl (C=O) groups excluding carboxylic acids is 2. The van der Waals surface area contributed by atoms with E-state index in [0.717, 1.165) is 6.29 Å². The highest BCUT2D eigenvalue weighted by atomic mass is 16.6. The molecule has 0 spiro atoms. The standard InChI is InChI=1S/C6H13NO2.C3H6O/c1-6(2,3)9-5(8)7-4;1-2-3-4/h1-4H3,(H,7,8);3H,2H2,1H3. The van der Waals surface area contributed by atoms with Crippen molar-refractivity contribution in [3.63, 3.8) is 0 Å². The van der Waals surface area contributed by atoms with Gasteiger partial charge in [-0.05, 0) is 20.8 Å². The van der Waals surface area contributed by atoms with Crippen molar-refractivity contribution in [3.05, 3.63) is 0 Å². The van der Waals surface area contributed by atoms with Crippen LogP contribution in [-0.4, -0.2) is 25.0 Å². The zero-order chi connectivity index (χ0) is 10.9. The first-order chi connectivity index (χ1) is 5.87. The van der Waals surface area contributed by atoms with Gasteiger partial charge in [-0.25, -0.2) is 4.79 Å². The van der Waals surface area contributed by atoms with Gasteiger partial charge in [0.2, 0.25) is 0 Å². The van der Waals surface area contributed by atoms with Gasteiger partial charge < -0.3 is 14.8 Å². The summed E-state index contributed by atoms with van der Waals surface area (Å²) in [6.45, 7) is 7.28. The fourth-order valence-electron chi connectivity index (χ4n) is 0.329. The second-order valence-electron chi connectivity index (χ2n) is 3.33. The van der Waals surface area contributed by atoms with Gasteiger partial charge in [0.1, 0.15) is 11.9 Å². The lowest BCUT2D eigenvalue weighted by Crippen LogP contribution is -2.30. The first-order valence-corrected chi connectivity index (χ1v) is 4.21. The number of amides is 1. The van der Waals surface area contributed by atoms with Gasteiger partial charge in [-0.15, -0.1) is 0 Å². The lowest BCUT2D eigenvalue weighted by Gasteiger charge is -2.18. The Bertz CT molecular complexity index is 149. The molecule has 0 aromatic carbocycles. The third kappa shape index (κ3) is 18.2. The number of ether oxygens (including phenoxy) is 1. The van der Waals surface area contributed by atoms with Crippen LogP contribution >= 0.6 is 0 Å². The zero-order valence-electron chi connectivity index (χ0n) is 9.01. The molecule has 0 aliphatic heterocycles. The highest BCUT2D eigenvalue weighted by Gasteiger charge is 2.13. The summed E-state index contributed by atoms with van der Waals surface area (Å²) < 4.78 is 4.84. The Balaban J connectivity index is 0. The van der Waals surface area contributed by atoms with Crippen LogP contribution in [0.3, 0.4) is 0 Å². The van der Waals surface area contributed by atoms with Gasteiger partial charge in [0.15, 0.2) is 0 Å². The second kappa shape index (κ2) is 7.58. The van der Waals surface area contributed by atoms with E-state index in [2.05, 4.69) is 5.32 Å². The molecule has 0 aromatic rings. The average molecular weight is 189 g/mol. The third-order valence-electron chi connectivity index (χ3n) is 0.770. The zero-order valence-corrected chi connectivity index (χ0v) is 9.01. The lowest BCUT2D eigenvalue weighted by atomic mass is 10.2. The van der Waals surface area contributed by atoms with Crippen molar-refractivity contribution in [1.82, 2.24) is 5.32 Å². The predicted molar refractivity (Wildman–Crippen MR) is 51.6 cm³/mol. The van der Waals surface area contributed by atoms with E-state index >= 15 is 0 Å². The average Bonchev–Trinajstić information content (AvgIpc) is 2.02. The Morgan fingerprint density at radius 1 is 1.46 bits per heavy atom. The number of hydrogen-bond acceptors (Lipinski definition) is 3. The molecule has 4 heteroatoms. The summed E-state index contributed by atoms with van der Waals surface area (Å²) in [7, 11) is 1.54. The van der Waals surface area contributed by atoms with Crippen molar-refractivity contribution in [2.75, 3.05) is 7.05 Å². The molecule has 0 bridgehead atoms. The molecule has 0 saturated carbocycles. The quantitative estimate of drug-likeness (QED) is 0.639. The number of nitrogens with one attached hydrogen (secondary N) is 1. The molecule has 4 nitrogen and oxygen atoms in total. The molecule has 0 fully saturated rings. The molecule has 1 N–H and O–H groups in total. The molecule has 0 aliphatic carbocycles. The molecule has 0 aliphatic rings. The van der Waals surface area contributed by atoms with Crippen LogP contribution in [0.4, 0.5) is 4.79 Å². The van der Waals surface area contributed by atoms with Crippen molar-refractivity contribution < 1.29 is 14.3 Å². The molecule has 0 radical (unpaired) electrons. The fraction of sp³-hybridized carbons (Fsp3) is 0.778. The summed E-state index contributed by atoms with van der Waals surface area (Å²) in [6, 6.07) is 0. The summed E-state index contributed by atoms with van der Waals surface area (Å²) in [5, 5.41) is 2.36. The van der Waals surface area contributed by atoms with Gasteiger partial charge in [-0.2, -0.15) is 0 Å². The van der Waals surface area contributed by atoms with Crippen molar-refractivity contribution in [2.45, 2.75) is 39.7 Å². The Morgan fingerprint density at radius 2 is 1.85 bits per heavy atom. The van der Waals surface area contributed by atoms with E-state index in [1.807, 2.05) is 27.7 Å². The van der Waals surface area contributed by atoms with E-state index in [4.69, 9.17) is 4.74 Å². The molecule has 78 valence electrons. The van der Waals surface area contributed by atoms with Gasteiger partial charge in [0, 0.05) is 13.5 Å². The van der Waals surface area contributed by atoms with E-state index in [9.17, 15) is 9.59 Å². The molecule has 0 atom stereocenters. The highest BCUT2D eigenvalue weighted by Crippen LogP contribution is 2.05. The molecular formula is C9H19NO3. The summed E-state index contributed by atoms with van der Waals surface area (Å²) in [6.07, 6.45) is 1.13. The normalized spacial score (nSPS) is 9.31. The van der Waals surface area contributed by atoms with E-state index in [1.54, 1.807) is 0 Å². The van der Waals surface area contributed by atoms with Gasteiger partial charge in [-0.1, -0.05) is 6.92 Å². The Morgan fingerprint density at radius 3 is 1.92 bits per heavy atom. The van der Waals surface area contributed by atoms with E-state index in [1.165, 1.54) is 7.05 Å². The Kier molecular flexibility index (Phi) is 8.44. The maximum atomic E-state index is 10.5. The third-order valence-corrected chi connectivity index (χ3v) is 0.770. The number of rotatable bonds is 1. The molecular weight excluding hydrogens is 170 g/mol. The van der Waals surface area contributed by atoms with Crippen molar-refractivity contribution >= 4 is 12.4 Å². The monoisotopic (exact) mass is 189 g/mol. The summed E-state index contributed by atoms with van der Waals surface area (Å²) in [5.74, 6) is 0. The predicted octanol–water partition coefficient (Wildman–Crippen LogP) is 1.74. The van der Waals surface area contributed by atoms with Crippen molar-refractivity contribution in [3.8, 4) is 0 Å². The Hall–Kier alpha value is -1.06. The molecule has 0 saturated heterocycles. The summed E-state index contributed by atoms with van der Waals surface area (Å²) in [5.41, 5.74) is -0.389. The molecule has 0 rings (SSSR count). The number of alkyl carbamates (subject to hydrolysis) is 1. The smallest absolute Gasteiger partial charge is 0.407 e. The minimum absolute atomic E-state index is 0.387. The van der Waals surface area contributed by atoms with Gasteiger partial charge in [-0.3, -0.25) is 0 Å². The first kappa shape index (κ1) is 14.5. The van der Waals surface area contributed by atoms with Gasteiger partial charge >= 0.3 is 6.09 Å². The molecule has 13 heavy (non-hydrogen) atoms. The molecule has 0 aromatic heterocycles. The van der Waals surface area contributed by atoms with Crippen LogP contribution in [0.25, 0.3) is 0 Å². The minimum Gasteiger partial charge on any atom is -0.444 e. The number of carbonyl (C=O) groups is 2. The second-order valence-corrected chi connectivity index (χ2v) is 3.33. The first-order valence-electron chi connectivity index (χ1n) is 4.21. The molecule has 0 heterocycles. The SMILES string of the molecule is CCC=O.CNC(=O)OC(C)(C)C. The van der Waals surface area contributed by atoms with Gasteiger partial charge in [0.05, 0.1) is 0 Å². The van der Waals surface area contributed by atoms with Crippen LogP contribution in [0.2, 0.25) is 0 Å². The van der Waals surface area contributed by atoms with Crippen LogP contribution in [0, 0.1) is 0 Å². The van der Waals surface area contributed by atoms with Crippen molar-refractivity contribution in [1.29, 1.82) is 0 Å². The van der Waals surface area contributed by atoms with Crippen LogP contribution in [0.15, 0.2) is 0 Å². The van der Waals surface area contributed by atoms with E-state index < -0.39 is 0 Å². The topological polar surface area (TPSA) is 55.4 Å². The Labute approximate surface area is 79.7 Å². The maximum absolute atomic E-state index is 10.5. The maximum Gasteiger partial charge on any atom is 0.407 e. The van der Waals surface area contributed by atoms with Crippen molar-refractivity contribution in [2.24, 2.45) is 0 Å². The van der Waals surface area contributed by atoms with Crippen LogP contribution < -0.4 is 5.32 Å². The molecule has 1 amide bonds. The lowest BCUT2D eigenvalue weighted by molar-refractivity contribution is -0.107.